The van der Waals surface area contributed by atoms with Crippen LogP contribution in [0.2, 0.25) is 0 Å². The summed E-state index contributed by atoms with van der Waals surface area (Å²) in [6, 6.07) is 6.39. The number of aromatic nitrogens is 3. The fraction of sp³-hybridized carbons (Fsp3) is 0.286. The van der Waals surface area contributed by atoms with Crippen LogP contribution in [0.25, 0.3) is 5.65 Å². The van der Waals surface area contributed by atoms with Crippen LogP contribution in [0.5, 0.6) is 5.75 Å². The highest BCUT2D eigenvalue weighted by molar-refractivity contribution is 5.98. The van der Waals surface area contributed by atoms with Crippen LogP contribution >= 0.6 is 0 Å². The second-order valence-corrected chi connectivity index (χ2v) is 8.00. The first-order valence-corrected chi connectivity index (χ1v) is 10.2. The van der Waals surface area contributed by atoms with E-state index >= 15 is 0 Å². The van der Waals surface area contributed by atoms with Crippen LogP contribution in [0.4, 0.5) is 10.1 Å². The zero-order chi connectivity index (χ0) is 23.1. The van der Waals surface area contributed by atoms with Crippen LogP contribution in [0.1, 0.15) is 26.5 Å². The lowest BCUT2D eigenvalue weighted by molar-refractivity contribution is -0.118. The minimum atomic E-state index is -0.743. The van der Waals surface area contributed by atoms with E-state index in [2.05, 4.69) is 26.0 Å². The van der Waals surface area contributed by atoms with Crippen molar-refractivity contribution < 1.29 is 23.5 Å². The molecule has 0 atom stereocenters. The Morgan fingerprint density at radius 3 is 2.88 bits per heavy atom. The average molecular weight is 453 g/mol. The van der Waals surface area contributed by atoms with E-state index in [1.165, 1.54) is 6.07 Å². The lowest BCUT2D eigenvalue weighted by atomic mass is 10.1. The number of halogens is 1. The quantitative estimate of drug-likeness (QED) is 0.502. The van der Waals surface area contributed by atoms with Crippen LogP contribution in [0.15, 0.2) is 30.5 Å². The molecule has 3 amide bonds. The van der Waals surface area contributed by atoms with Crippen LogP contribution < -0.4 is 20.7 Å². The zero-order valence-corrected chi connectivity index (χ0v) is 17.6. The van der Waals surface area contributed by atoms with Gasteiger partial charge in [0, 0.05) is 25.7 Å². The molecule has 0 unspecified atom stereocenters. The molecule has 5 rings (SSSR count). The molecule has 0 aliphatic carbocycles. The number of nitrogens with zero attached hydrogens (tertiary/aromatic N) is 4. The van der Waals surface area contributed by atoms with E-state index in [1.54, 1.807) is 18.2 Å². The summed E-state index contributed by atoms with van der Waals surface area (Å²) in [5.41, 5.74) is 0.896. The number of likely N-dealkylation sites (N-methyl/N-ethyl adjacent to an activating group) is 1. The second-order valence-electron chi connectivity index (χ2n) is 8.00. The maximum absolute atomic E-state index is 14.2. The molecule has 1 saturated heterocycles. The van der Waals surface area contributed by atoms with E-state index in [0.29, 0.717) is 30.1 Å². The number of nitrogens with one attached hydrogen (secondary N) is 3. The third-order valence-electron chi connectivity index (χ3n) is 5.42. The number of rotatable bonds is 5. The van der Waals surface area contributed by atoms with Crippen molar-refractivity contribution in [3.8, 4) is 5.75 Å². The van der Waals surface area contributed by atoms with Gasteiger partial charge in [-0.25, -0.2) is 13.9 Å². The van der Waals surface area contributed by atoms with E-state index in [9.17, 15) is 18.8 Å². The molecule has 3 aromatic rings. The summed E-state index contributed by atoms with van der Waals surface area (Å²) in [7, 11) is 1.93. The molecule has 0 saturated carbocycles. The van der Waals surface area contributed by atoms with Crippen LogP contribution in [0.3, 0.4) is 0 Å². The topological polar surface area (TPSA) is 130 Å². The fourth-order valence-electron chi connectivity index (χ4n) is 3.78. The molecule has 170 valence electrons. The first-order valence-electron chi connectivity index (χ1n) is 10.2. The minimum Gasteiger partial charge on any atom is -0.482 e. The van der Waals surface area contributed by atoms with Gasteiger partial charge in [-0.15, -0.1) is 0 Å². The van der Waals surface area contributed by atoms with Gasteiger partial charge in [0.05, 0.1) is 17.9 Å². The molecule has 1 fully saturated rings. The molecule has 11 nitrogen and oxygen atoms in total. The van der Waals surface area contributed by atoms with Gasteiger partial charge in [0.2, 0.25) is 0 Å². The maximum Gasteiger partial charge on any atom is 0.270 e. The number of amides is 3. The molecule has 0 radical (unpaired) electrons. The molecule has 33 heavy (non-hydrogen) atoms. The van der Waals surface area contributed by atoms with Crippen LogP contribution in [-0.4, -0.2) is 70.0 Å². The summed E-state index contributed by atoms with van der Waals surface area (Å²) in [6.45, 7) is 1.47. The normalized spacial score (nSPS) is 15.9. The van der Waals surface area contributed by atoms with Gasteiger partial charge < -0.3 is 25.6 Å². The van der Waals surface area contributed by atoms with Gasteiger partial charge in [0.25, 0.3) is 17.7 Å². The van der Waals surface area contributed by atoms with Gasteiger partial charge in [-0.05, 0) is 24.7 Å². The molecule has 0 bridgehead atoms. The molecule has 1 aromatic carbocycles. The van der Waals surface area contributed by atoms with Crippen LogP contribution in [-0.2, 0) is 11.3 Å². The number of fused-ring (bicyclic) bond motifs is 2. The molecule has 4 heterocycles. The van der Waals surface area contributed by atoms with Crippen molar-refractivity contribution in [3.63, 3.8) is 0 Å². The first-order chi connectivity index (χ1) is 15.9. The monoisotopic (exact) mass is 453 g/mol. The third-order valence-corrected chi connectivity index (χ3v) is 5.42. The van der Waals surface area contributed by atoms with Crippen molar-refractivity contribution in [2.24, 2.45) is 0 Å². The van der Waals surface area contributed by atoms with Crippen LogP contribution in [0, 0.1) is 5.82 Å². The lowest BCUT2D eigenvalue weighted by Crippen LogP contribution is -2.57. The predicted octanol–water partition coefficient (Wildman–Crippen LogP) is 0.173. The van der Waals surface area contributed by atoms with Gasteiger partial charge in [0.15, 0.2) is 18.1 Å². The third kappa shape index (κ3) is 4.07. The lowest BCUT2D eigenvalue weighted by Gasteiger charge is -2.36. The van der Waals surface area contributed by atoms with Crippen molar-refractivity contribution in [1.29, 1.82) is 0 Å². The zero-order valence-electron chi connectivity index (χ0n) is 17.6. The Morgan fingerprint density at radius 1 is 1.27 bits per heavy atom. The number of hydrogen-bond acceptors (Lipinski definition) is 7. The summed E-state index contributed by atoms with van der Waals surface area (Å²) >= 11 is 0. The Kier molecular flexibility index (Phi) is 5.13. The largest absolute Gasteiger partial charge is 0.482 e. The van der Waals surface area contributed by atoms with Crippen molar-refractivity contribution in [2.45, 2.75) is 12.6 Å². The Balaban J connectivity index is 1.35. The van der Waals surface area contributed by atoms with E-state index in [4.69, 9.17) is 4.74 Å². The number of hydrogen-bond donors (Lipinski definition) is 3. The number of carbonyl (C=O) groups excluding carboxylic acids is 3. The summed E-state index contributed by atoms with van der Waals surface area (Å²) in [5.74, 6) is -1.52. The number of anilines is 1. The number of ether oxygens (including phenoxy) is 1. The first kappa shape index (κ1) is 20.8. The summed E-state index contributed by atoms with van der Waals surface area (Å²) in [5, 5.41) is 12.1. The molecule has 2 aliphatic rings. The molecule has 3 N–H and O–H groups in total. The van der Waals surface area contributed by atoms with E-state index in [0.717, 1.165) is 10.7 Å². The number of likely N-dealkylation sites (tertiary alicyclic amines) is 1. The fourth-order valence-corrected chi connectivity index (χ4v) is 3.78. The number of carbonyl (C=O) groups is 3. The Morgan fingerprint density at radius 2 is 2.09 bits per heavy atom. The van der Waals surface area contributed by atoms with Crippen molar-refractivity contribution >= 4 is 29.1 Å². The molecular formula is C21H20FN7O4. The highest BCUT2D eigenvalue weighted by Crippen LogP contribution is 2.28. The van der Waals surface area contributed by atoms with Gasteiger partial charge in [-0.3, -0.25) is 14.4 Å². The van der Waals surface area contributed by atoms with Crippen molar-refractivity contribution in [2.75, 3.05) is 32.1 Å². The standard InChI is InChI=1S/C21H20FN7O4/c1-28-8-12(9-28)25-21(32)16-5-15(27-19-13(22)7-24-29(16)19)20(31)23-6-11-2-3-17-14(4-11)26-18(30)10-33-17/h2-5,7,12H,6,8-10H2,1H3,(H,23,31)(H,25,32)(H,26,30). The highest BCUT2D eigenvalue weighted by Gasteiger charge is 2.27. The second kappa shape index (κ2) is 8.13. The minimum absolute atomic E-state index is 0.0113. The van der Waals surface area contributed by atoms with Crippen molar-refractivity contribution in [3.05, 3.63) is 53.2 Å². The Bertz CT molecular complexity index is 1290. The SMILES string of the molecule is CN1CC(NC(=O)c2cc(C(=O)NCc3ccc4c(c3)NC(=O)CO4)nc3c(F)cnn23)C1. The summed E-state index contributed by atoms with van der Waals surface area (Å²) in [6.07, 6.45) is 0.946. The van der Waals surface area contributed by atoms with Gasteiger partial charge in [0.1, 0.15) is 17.1 Å². The van der Waals surface area contributed by atoms with E-state index in [-0.39, 0.29) is 42.1 Å². The Hall–Kier alpha value is -4.06. The maximum atomic E-state index is 14.2. The smallest absolute Gasteiger partial charge is 0.270 e. The van der Waals surface area contributed by atoms with Gasteiger partial charge >= 0.3 is 0 Å². The highest BCUT2D eigenvalue weighted by atomic mass is 19.1. The molecule has 2 aliphatic heterocycles. The van der Waals surface area contributed by atoms with Crippen molar-refractivity contribution in [1.82, 2.24) is 30.1 Å². The summed E-state index contributed by atoms with van der Waals surface area (Å²) in [4.78, 5) is 43.2. The predicted molar refractivity (Wildman–Crippen MR) is 113 cm³/mol. The average Bonchev–Trinajstić information content (AvgIpc) is 3.16. The van der Waals surface area contributed by atoms with Gasteiger partial charge in [-0.1, -0.05) is 6.07 Å². The van der Waals surface area contributed by atoms with Gasteiger partial charge in [-0.2, -0.15) is 5.10 Å². The molecule has 2 aromatic heterocycles. The van der Waals surface area contributed by atoms with E-state index in [1.807, 2.05) is 11.9 Å². The molecular weight excluding hydrogens is 433 g/mol. The molecule has 0 spiro atoms. The van der Waals surface area contributed by atoms with E-state index < -0.39 is 17.6 Å². The Labute approximate surface area is 186 Å². The summed E-state index contributed by atoms with van der Waals surface area (Å²) < 4.78 is 20.6. The number of benzene rings is 1. The molecule has 12 heteroatoms.